The molecule has 0 aromatic heterocycles. The molecule has 0 radical (unpaired) electrons. The van der Waals surface area contributed by atoms with Gasteiger partial charge in [-0.3, -0.25) is 9.59 Å². The Balaban J connectivity index is 1.71. The average molecular weight is 303 g/mol. The summed E-state index contributed by atoms with van der Waals surface area (Å²) in [6.45, 7) is 2.71. The first-order valence-electron chi connectivity index (χ1n) is 7.96. The van der Waals surface area contributed by atoms with Gasteiger partial charge in [-0.15, -0.1) is 0 Å². The minimum absolute atomic E-state index is 0.0105. The van der Waals surface area contributed by atoms with Gasteiger partial charge in [-0.25, -0.2) is 0 Å². The van der Waals surface area contributed by atoms with Crippen LogP contribution in [0, 0.1) is 5.92 Å². The number of likely N-dealkylation sites (tertiary alicyclic amines) is 1. The molecule has 1 saturated heterocycles. The molecule has 5 nitrogen and oxygen atoms in total. The Labute approximate surface area is 132 Å². The quantitative estimate of drug-likeness (QED) is 0.832. The van der Waals surface area contributed by atoms with Crippen molar-refractivity contribution in [1.29, 1.82) is 0 Å². The molecule has 0 unspecified atom stereocenters. The van der Waals surface area contributed by atoms with E-state index in [-0.39, 0.29) is 18.4 Å². The number of carbonyl (C=O) groups excluding carboxylic acids is 2. The third kappa shape index (κ3) is 4.84. The largest absolute Gasteiger partial charge is 0.343 e. The highest BCUT2D eigenvalue weighted by atomic mass is 16.2. The normalized spacial score (nSPS) is 15.6. The number of amides is 2. The number of carbonyl (C=O) groups is 2. The third-order valence-corrected chi connectivity index (χ3v) is 4.21. The lowest BCUT2D eigenvalue weighted by Gasteiger charge is -2.32. The Kier molecular flexibility index (Phi) is 6.40. The second-order valence-electron chi connectivity index (χ2n) is 5.77. The maximum absolute atomic E-state index is 12.2. The maximum Gasteiger partial charge on any atom is 0.251 e. The molecular formula is C17H25N3O2. The SMILES string of the molecule is CNCCC1CCN(C(=O)CNC(=O)c2ccccc2)CC1. The van der Waals surface area contributed by atoms with Crippen LogP contribution in [0.3, 0.4) is 0 Å². The van der Waals surface area contributed by atoms with Crippen LogP contribution in [0.1, 0.15) is 29.6 Å². The minimum Gasteiger partial charge on any atom is -0.343 e. The number of benzene rings is 1. The van der Waals surface area contributed by atoms with E-state index in [4.69, 9.17) is 0 Å². The first-order chi connectivity index (χ1) is 10.7. The summed E-state index contributed by atoms with van der Waals surface area (Å²) >= 11 is 0. The summed E-state index contributed by atoms with van der Waals surface area (Å²) in [5, 5.41) is 5.87. The van der Waals surface area contributed by atoms with Crippen molar-refractivity contribution in [3.05, 3.63) is 35.9 Å². The second kappa shape index (κ2) is 8.54. The smallest absolute Gasteiger partial charge is 0.251 e. The van der Waals surface area contributed by atoms with Crippen LogP contribution in [0.2, 0.25) is 0 Å². The summed E-state index contributed by atoms with van der Waals surface area (Å²) in [5.41, 5.74) is 0.584. The molecule has 1 fully saturated rings. The summed E-state index contributed by atoms with van der Waals surface area (Å²) in [5.74, 6) is 0.518. The zero-order valence-electron chi connectivity index (χ0n) is 13.2. The fraction of sp³-hybridized carbons (Fsp3) is 0.529. The lowest BCUT2D eigenvalue weighted by atomic mass is 9.93. The van der Waals surface area contributed by atoms with Gasteiger partial charge in [-0.1, -0.05) is 18.2 Å². The summed E-state index contributed by atoms with van der Waals surface area (Å²) in [7, 11) is 1.97. The van der Waals surface area contributed by atoms with Crippen LogP contribution in [-0.2, 0) is 4.79 Å². The van der Waals surface area contributed by atoms with Crippen molar-refractivity contribution in [3.8, 4) is 0 Å². The number of hydrogen-bond donors (Lipinski definition) is 2. The molecule has 1 heterocycles. The molecule has 0 bridgehead atoms. The van der Waals surface area contributed by atoms with Crippen molar-refractivity contribution < 1.29 is 9.59 Å². The van der Waals surface area contributed by atoms with Crippen LogP contribution >= 0.6 is 0 Å². The summed E-state index contributed by atoms with van der Waals surface area (Å²) in [6, 6.07) is 8.97. The van der Waals surface area contributed by atoms with E-state index in [0.717, 1.165) is 32.5 Å². The highest BCUT2D eigenvalue weighted by Gasteiger charge is 2.22. The molecule has 5 heteroatoms. The van der Waals surface area contributed by atoms with Crippen LogP contribution in [0.15, 0.2) is 30.3 Å². The molecule has 1 aromatic rings. The van der Waals surface area contributed by atoms with Crippen molar-refractivity contribution in [2.45, 2.75) is 19.3 Å². The van der Waals surface area contributed by atoms with E-state index < -0.39 is 0 Å². The Hall–Kier alpha value is -1.88. The fourth-order valence-corrected chi connectivity index (χ4v) is 2.78. The summed E-state index contributed by atoms with van der Waals surface area (Å²) < 4.78 is 0. The topological polar surface area (TPSA) is 61.4 Å². The van der Waals surface area contributed by atoms with Crippen LogP contribution in [-0.4, -0.2) is 49.9 Å². The van der Waals surface area contributed by atoms with Gasteiger partial charge in [0.2, 0.25) is 5.91 Å². The first kappa shape index (κ1) is 16.5. The number of hydrogen-bond acceptors (Lipinski definition) is 3. The van der Waals surface area contributed by atoms with Gasteiger partial charge in [0.25, 0.3) is 5.91 Å². The maximum atomic E-state index is 12.2. The fourth-order valence-electron chi connectivity index (χ4n) is 2.78. The van der Waals surface area contributed by atoms with Crippen molar-refractivity contribution in [1.82, 2.24) is 15.5 Å². The number of piperidine rings is 1. The van der Waals surface area contributed by atoms with Crippen molar-refractivity contribution in [2.75, 3.05) is 33.2 Å². The summed E-state index contributed by atoms with van der Waals surface area (Å²) in [6.07, 6.45) is 3.28. The number of rotatable bonds is 6. The lowest BCUT2D eigenvalue weighted by molar-refractivity contribution is -0.131. The number of nitrogens with one attached hydrogen (secondary N) is 2. The summed E-state index contributed by atoms with van der Waals surface area (Å²) in [4.78, 5) is 25.9. The zero-order valence-corrected chi connectivity index (χ0v) is 13.2. The predicted octanol–water partition coefficient (Wildman–Crippen LogP) is 1.26. The standard InChI is InChI=1S/C17H25N3O2/c1-18-10-7-14-8-11-20(12-9-14)16(21)13-19-17(22)15-5-3-2-4-6-15/h2-6,14,18H,7-13H2,1H3,(H,19,22). The van der Waals surface area contributed by atoms with Gasteiger partial charge < -0.3 is 15.5 Å². The molecule has 2 amide bonds. The second-order valence-corrected chi connectivity index (χ2v) is 5.77. The van der Waals surface area contributed by atoms with E-state index in [1.165, 1.54) is 6.42 Å². The van der Waals surface area contributed by atoms with Gasteiger partial charge in [-0.05, 0) is 50.9 Å². The molecule has 120 valence electrons. The average Bonchev–Trinajstić information content (AvgIpc) is 2.58. The third-order valence-electron chi connectivity index (χ3n) is 4.21. The van der Waals surface area contributed by atoms with Crippen molar-refractivity contribution in [2.24, 2.45) is 5.92 Å². The molecule has 0 saturated carbocycles. The first-order valence-corrected chi connectivity index (χ1v) is 7.96. The lowest BCUT2D eigenvalue weighted by Crippen LogP contribution is -2.44. The molecule has 0 aliphatic carbocycles. The number of nitrogens with zero attached hydrogens (tertiary/aromatic N) is 1. The van der Waals surface area contributed by atoms with Gasteiger partial charge in [0.05, 0.1) is 6.54 Å². The molecule has 1 aromatic carbocycles. The molecule has 2 rings (SSSR count). The highest BCUT2D eigenvalue weighted by molar-refractivity contribution is 5.96. The predicted molar refractivity (Wildman–Crippen MR) is 86.6 cm³/mol. The van der Waals surface area contributed by atoms with Crippen LogP contribution in [0.4, 0.5) is 0 Å². The van der Waals surface area contributed by atoms with Crippen molar-refractivity contribution >= 4 is 11.8 Å². The van der Waals surface area contributed by atoms with Crippen LogP contribution in [0.5, 0.6) is 0 Å². The van der Waals surface area contributed by atoms with E-state index in [2.05, 4.69) is 10.6 Å². The van der Waals surface area contributed by atoms with Gasteiger partial charge >= 0.3 is 0 Å². The van der Waals surface area contributed by atoms with Gasteiger partial charge in [0, 0.05) is 18.7 Å². The van der Waals surface area contributed by atoms with E-state index >= 15 is 0 Å². The molecule has 1 aliphatic heterocycles. The van der Waals surface area contributed by atoms with E-state index in [9.17, 15) is 9.59 Å². The molecule has 1 aliphatic rings. The van der Waals surface area contributed by atoms with Gasteiger partial charge in [0.1, 0.15) is 0 Å². The van der Waals surface area contributed by atoms with E-state index in [0.29, 0.717) is 11.5 Å². The molecule has 0 atom stereocenters. The highest BCUT2D eigenvalue weighted by Crippen LogP contribution is 2.19. The Morgan fingerprint density at radius 3 is 2.50 bits per heavy atom. The minimum atomic E-state index is -0.196. The molecule has 22 heavy (non-hydrogen) atoms. The molecule has 0 spiro atoms. The van der Waals surface area contributed by atoms with Gasteiger partial charge in [-0.2, -0.15) is 0 Å². The van der Waals surface area contributed by atoms with Crippen molar-refractivity contribution in [3.63, 3.8) is 0 Å². The zero-order chi connectivity index (χ0) is 15.8. The van der Waals surface area contributed by atoms with E-state index in [1.54, 1.807) is 12.1 Å². The van der Waals surface area contributed by atoms with Crippen LogP contribution in [0.25, 0.3) is 0 Å². The molecule has 2 N–H and O–H groups in total. The molecular weight excluding hydrogens is 278 g/mol. The Bertz CT molecular complexity index is 482. The monoisotopic (exact) mass is 303 g/mol. The van der Waals surface area contributed by atoms with Gasteiger partial charge in [0.15, 0.2) is 0 Å². The Morgan fingerprint density at radius 2 is 1.86 bits per heavy atom. The Morgan fingerprint density at radius 1 is 1.18 bits per heavy atom. The van der Waals surface area contributed by atoms with Crippen LogP contribution < -0.4 is 10.6 Å². The van der Waals surface area contributed by atoms with E-state index in [1.807, 2.05) is 30.1 Å².